The minimum Gasteiger partial charge on any atom is -0.480 e. The van der Waals surface area contributed by atoms with E-state index in [-0.39, 0.29) is 24.5 Å². The lowest BCUT2D eigenvalue weighted by atomic mass is 9.97. The van der Waals surface area contributed by atoms with E-state index in [9.17, 15) is 9.59 Å². The molecule has 0 aliphatic carbocycles. The quantitative estimate of drug-likeness (QED) is 0.776. The van der Waals surface area contributed by atoms with Gasteiger partial charge in [-0.15, -0.1) is 0 Å². The van der Waals surface area contributed by atoms with E-state index in [2.05, 4.69) is 0 Å². The highest BCUT2D eigenvalue weighted by Crippen LogP contribution is 2.26. The zero-order chi connectivity index (χ0) is 13.1. The van der Waals surface area contributed by atoms with Gasteiger partial charge in [0.15, 0.2) is 6.04 Å². The van der Waals surface area contributed by atoms with Crippen molar-refractivity contribution in [2.24, 2.45) is 5.92 Å². The predicted octanol–water partition coefficient (Wildman–Crippen LogP) is 0.114. The summed E-state index contributed by atoms with van der Waals surface area (Å²) in [5, 5.41) is 9.12. The molecule has 2 aliphatic rings. The van der Waals surface area contributed by atoms with Gasteiger partial charge in [-0.3, -0.25) is 4.79 Å². The molecule has 18 heavy (non-hydrogen) atoms. The van der Waals surface area contributed by atoms with Crippen LogP contribution in [0.3, 0.4) is 0 Å². The first-order chi connectivity index (χ1) is 8.65. The second-order valence-electron chi connectivity index (χ2n) is 4.67. The Hall–Kier alpha value is -1.14. The first-order valence-electron chi connectivity index (χ1n) is 6.37. The fraction of sp³-hybridized carbons (Fsp3) is 0.833. The topological polar surface area (TPSA) is 76.1 Å². The summed E-state index contributed by atoms with van der Waals surface area (Å²) < 4.78 is 10.6. The third-order valence-electron chi connectivity index (χ3n) is 3.63. The van der Waals surface area contributed by atoms with E-state index in [0.29, 0.717) is 26.2 Å². The van der Waals surface area contributed by atoms with Gasteiger partial charge >= 0.3 is 5.97 Å². The van der Waals surface area contributed by atoms with Gasteiger partial charge in [0.2, 0.25) is 5.91 Å². The third kappa shape index (κ3) is 2.49. The van der Waals surface area contributed by atoms with Gasteiger partial charge in [-0.2, -0.15) is 0 Å². The molecular weight excluding hydrogens is 238 g/mol. The molecule has 6 nitrogen and oxygen atoms in total. The molecule has 0 aromatic heterocycles. The number of aliphatic carboxylic acids is 1. The van der Waals surface area contributed by atoms with Crippen molar-refractivity contribution in [2.75, 3.05) is 26.4 Å². The molecule has 1 N–H and O–H groups in total. The predicted molar refractivity (Wildman–Crippen MR) is 62.1 cm³/mol. The standard InChI is InChI=1S/C12H19NO5/c1-2-10-8(3-5-18-10)11(14)13-4-6-17-7-9(13)12(15)16/h8-10H,2-7H2,1H3,(H,15,16). The summed E-state index contributed by atoms with van der Waals surface area (Å²) in [6.45, 7) is 3.38. The van der Waals surface area contributed by atoms with E-state index in [1.54, 1.807) is 0 Å². The van der Waals surface area contributed by atoms with E-state index < -0.39 is 12.0 Å². The highest BCUT2D eigenvalue weighted by Gasteiger charge is 2.40. The van der Waals surface area contributed by atoms with Crippen molar-refractivity contribution in [1.29, 1.82) is 0 Å². The molecule has 3 atom stereocenters. The van der Waals surface area contributed by atoms with Crippen molar-refractivity contribution in [2.45, 2.75) is 31.9 Å². The second-order valence-corrected chi connectivity index (χ2v) is 4.67. The summed E-state index contributed by atoms with van der Waals surface area (Å²) in [5.41, 5.74) is 0. The molecule has 0 radical (unpaired) electrons. The van der Waals surface area contributed by atoms with Crippen LogP contribution < -0.4 is 0 Å². The van der Waals surface area contributed by atoms with Gasteiger partial charge in [0.05, 0.1) is 25.2 Å². The highest BCUT2D eigenvalue weighted by atomic mass is 16.5. The van der Waals surface area contributed by atoms with E-state index in [0.717, 1.165) is 6.42 Å². The fourth-order valence-electron chi connectivity index (χ4n) is 2.62. The maximum atomic E-state index is 12.4. The smallest absolute Gasteiger partial charge is 0.328 e. The first kappa shape index (κ1) is 13.3. The monoisotopic (exact) mass is 257 g/mol. The van der Waals surface area contributed by atoms with Gasteiger partial charge in [0, 0.05) is 13.2 Å². The van der Waals surface area contributed by atoms with Gasteiger partial charge < -0.3 is 19.5 Å². The van der Waals surface area contributed by atoms with Gasteiger partial charge in [-0.25, -0.2) is 4.79 Å². The molecule has 0 spiro atoms. The van der Waals surface area contributed by atoms with Crippen LogP contribution in [0.15, 0.2) is 0 Å². The normalized spacial score (nSPS) is 32.5. The van der Waals surface area contributed by atoms with Crippen molar-refractivity contribution in [1.82, 2.24) is 4.90 Å². The number of amides is 1. The number of morpholine rings is 1. The van der Waals surface area contributed by atoms with Gasteiger partial charge in [-0.05, 0) is 12.8 Å². The Morgan fingerprint density at radius 3 is 2.83 bits per heavy atom. The van der Waals surface area contributed by atoms with Crippen molar-refractivity contribution >= 4 is 11.9 Å². The van der Waals surface area contributed by atoms with Gasteiger partial charge in [0.1, 0.15) is 0 Å². The molecule has 0 aromatic carbocycles. The molecule has 2 aliphatic heterocycles. The van der Waals surface area contributed by atoms with Crippen LogP contribution in [0.25, 0.3) is 0 Å². The van der Waals surface area contributed by atoms with Crippen LogP contribution in [-0.4, -0.2) is 60.4 Å². The fourth-order valence-corrected chi connectivity index (χ4v) is 2.62. The largest absolute Gasteiger partial charge is 0.480 e. The molecule has 0 saturated carbocycles. The number of hydrogen-bond acceptors (Lipinski definition) is 4. The highest BCUT2D eigenvalue weighted by molar-refractivity contribution is 5.86. The third-order valence-corrected chi connectivity index (χ3v) is 3.63. The van der Waals surface area contributed by atoms with Crippen LogP contribution in [0.5, 0.6) is 0 Å². The number of carbonyl (C=O) groups is 2. The number of ether oxygens (including phenoxy) is 2. The molecule has 2 fully saturated rings. The van der Waals surface area contributed by atoms with Crippen molar-refractivity contribution in [3.05, 3.63) is 0 Å². The first-order valence-corrected chi connectivity index (χ1v) is 6.37. The van der Waals surface area contributed by atoms with Crippen LogP contribution in [0.1, 0.15) is 19.8 Å². The zero-order valence-corrected chi connectivity index (χ0v) is 10.5. The van der Waals surface area contributed by atoms with Crippen LogP contribution in [-0.2, 0) is 19.1 Å². The molecule has 6 heteroatoms. The molecule has 1 amide bonds. The van der Waals surface area contributed by atoms with E-state index >= 15 is 0 Å². The molecular formula is C12H19NO5. The molecule has 0 aromatic rings. The molecule has 2 saturated heterocycles. The summed E-state index contributed by atoms with van der Waals surface area (Å²) in [6.07, 6.45) is 1.38. The molecule has 102 valence electrons. The summed E-state index contributed by atoms with van der Waals surface area (Å²) >= 11 is 0. The van der Waals surface area contributed by atoms with E-state index in [4.69, 9.17) is 14.6 Å². The lowest BCUT2D eigenvalue weighted by Gasteiger charge is -2.35. The van der Waals surface area contributed by atoms with Crippen LogP contribution in [0.4, 0.5) is 0 Å². The van der Waals surface area contributed by atoms with E-state index in [1.165, 1.54) is 4.90 Å². The SMILES string of the molecule is CCC1OCCC1C(=O)N1CCOCC1C(=O)O. The number of nitrogens with zero attached hydrogens (tertiary/aromatic N) is 1. The summed E-state index contributed by atoms with van der Waals surface area (Å²) in [5.74, 6) is -1.31. The van der Waals surface area contributed by atoms with Crippen molar-refractivity contribution in [3.8, 4) is 0 Å². The second kappa shape index (κ2) is 5.67. The number of carboxylic acid groups (broad SMARTS) is 1. The minimum atomic E-state index is -1.00. The Morgan fingerprint density at radius 2 is 2.17 bits per heavy atom. The minimum absolute atomic E-state index is 0.0743. The average Bonchev–Trinajstić information content (AvgIpc) is 2.86. The summed E-state index contributed by atoms with van der Waals surface area (Å²) in [6, 6.07) is -0.857. The summed E-state index contributed by atoms with van der Waals surface area (Å²) in [4.78, 5) is 25.0. The average molecular weight is 257 g/mol. The Morgan fingerprint density at radius 1 is 1.39 bits per heavy atom. The Balaban J connectivity index is 2.08. The van der Waals surface area contributed by atoms with E-state index in [1.807, 2.05) is 6.92 Å². The maximum Gasteiger partial charge on any atom is 0.328 e. The number of rotatable bonds is 3. The molecule has 3 unspecified atom stereocenters. The molecule has 0 bridgehead atoms. The summed E-state index contributed by atoms with van der Waals surface area (Å²) in [7, 11) is 0. The zero-order valence-electron chi connectivity index (χ0n) is 10.5. The lowest BCUT2D eigenvalue weighted by Crippen LogP contribution is -2.55. The van der Waals surface area contributed by atoms with Crippen molar-refractivity contribution < 1.29 is 24.2 Å². The van der Waals surface area contributed by atoms with Crippen LogP contribution in [0, 0.1) is 5.92 Å². The Kier molecular flexibility index (Phi) is 4.19. The number of hydrogen-bond donors (Lipinski definition) is 1. The Bertz CT molecular complexity index is 332. The van der Waals surface area contributed by atoms with Crippen LogP contribution >= 0.6 is 0 Å². The molecule has 2 heterocycles. The molecule has 2 rings (SSSR count). The van der Waals surface area contributed by atoms with Gasteiger partial charge in [-0.1, -0.05) is 6.92 Å². The van der Waals surface area contributed by atoms with Gasteiger partial charge in [0.25, 0.3) is 0 Å². The Labute approximate surface area is 106 Å². The maximum absolute atomic E-state index is 12.4. The number of carboxylic acids is 1. The lowest BCUT2D eigenvalue weighted by molar-refractivity contribution is -0.161. The number of carbonyl (C=O) groups excluding carboxylic acids is 1. The van der Waals surface area contributed by atoms with Crippen LogP contribution in [0.2, 0.25) is 0 Å². The van der Waals surface area contributed by atoms with Crippen molar-refractivity contribution in [3.63, 3.8) is 0 Å².